The number of aliphatic hydroxyl groups is 1. The summed E-state index contributed by atoms with van der Waals surface area (Å²) >= 11 is 6.27. The van der Waals surface area contributed by atoms with Crippen molar-refractivity contribution < 1.29 is 27.1 Å². The second-order valence-corrected chi connectivity index (χ2v) is 12.7. The Morgan fingerprint density at radius 3 is 2.41 bits per heavy atom. The van der Waals surface area contributed by atoms with E-state index in [2.05, 4.69) is 10.3 Å². The molecule has 0 aliphatic heterocycles. The Morgan fingerprint density at radius 2 is 1.77 bits per heavy atom. The van der Waals surface area contributed by atoms with Gasteiger partial charge in [0.25, 0.3) is 11.5 Å². The van der Waals surface area contributed by atoms with Gasteiger partial charge in [0.2, 0.25) is 0 Å². The van der Waals surface area contributed by atoms with Gasteiger partial charge in [0.15, 0.2) is 21.5 Å². The normalized spacial score (nSPS) is 24.5. The molecule has 0 unspecified atom stereocenters. The van der Waals surface area contributed by atoms with Gasteiger partial charge >= 0.3 is 5.69 Å². The number of rotatable bonds is 6. The van der Waals surface area contributed by atoms with Crippen molar-refractivity contribution in [3.8, 4) is 0 Å². The molecule has 39 heavy (non-hydrogen) atoms. The van der Waals surface area contributed by atoms with Crippen molar-refractivity contribution in [2.24, 2.45) is 11.8 Å². The Bertz CT molecular complexity index is 1680. The highest BCUT2D eigenvalue weighted by molar-refractivity contribution is 7.92. The van der Waals surface area contributed by atoms with E-state index in [4.69, 9.17) is 11.6 Å². The van der Waals surface area contributed by atoms with Gasteiger partial charge in [-0.3, -0.25) is 19.1 Å². The number of aromatic nitrogens is 2. The van der Waals surface area contributed by atoms with Gasteiger partial charge in [-0.2, -0.15) is 0 Å². The summed E-state index contributed by atoms with van der Waals surface area (Å²) in [5.41, 5.74) is -2.60. The lowest BCUT2D eigenvalue weighted by molar-refractivity contribution is -0.0722. The van der Waals surface area contributed by atoms with E-state index in [1.54, 1.807) is 0 Å². The molecule has 5 rings (SSSR count). The standard InChI is InChI=1S/C26H24ClF2N3O6S/c27-19-5-1-14(24(34)30-17-4-6-20(28)21(29)12-17)9-22(19)39(37,38)18-10-15-2-3-16(11-18)26(15,36)13-32-8-7-23(33)31-25(32)35/h1,4-9,12,15-16,18,36H,2-3,10-11,13H2,(H,30,34)(H,31,33,35)/t15-,16+,18-,26-. The third kappa shape index (κ3) is 5.04. The zero-order chi connectivity index (χ0) is 28.1. The first-order valence-corrected chi connectivity index (χ1v) is 14.1. The van der Waals surface area contributed by atoms with Gasteiger partial charge in [-0.25, -0.2) is 22.0 Å². The molecule has 1 aromatic heterocycles. The first kappa shape index (κ1) is 27.2. The van der Waals surface area contributed by atoms with Gasteiger partial charge in [0, 0.05) is 29.6 Å². The smallest absolute Gasteiger partial charge is 0.328 e. The van der Waals surface area contributed by atoms with E-state index < -0.39 is 61.3 Å². The van der Waals surface area contributed by atoms with Gasteiger partial charge in [0.1, 0.15) is 0 Å². The van der Waals surface area contributed by atoms with E-state index in [0.717, 1.165) is 18.2 Å². The lowest BCUT2D eigenvalue weighted by Crippen LogP contribution is -2.52. The monoisotopic (exact) mass is 579 g/mol. The number of fused-ring (bicyclic) bond motifs is 2. The van der Waals surface area contributed by atoms with Crippen LogP contribution in [0.4, 0.5) is 14.5 Å². The van der Waals surface area contributed by atoms with E-state index in [9.17, 15) is 36.7 Å². The second kappa shape index (κ2) is 10.00. The number of sulfone groups is 1. The molecule has 1 amide bonds. The number of halogens is 3. The highest BCUT2D eigenvalue weighted by Gasteiger charge is 2.56. The number of benzene rings is 2. The van der Waals surface area contributed by atoms with E-state index >= 15 is 0 Å². The topological polar surface area (TPSA) is 138 Å². The molecule has 2 bridgehead atoms. The Morgan fingerprint density at radius 1 is 1.08 bits per heavy atom. The molecule has 0 radical (unpaired) electrons. The summed E-state index contributed by atoms with van der Waals surface area (Å²) in [4.78, 5) is 38.2. The minimum absolute atomic E-state index is 0.0111. The fraction of sp³-hybridized carbons (Fsp3) is 0.346. The number of anilines is 1. The van der Waals surface area contributed by atoms with E-state index in [0.29, 0.717) is 12.8 Å². The van der Waals surface area contributed by atoms with Crippen molar-refractivity contribution in [1.29, 1.82) is 0 Å². The third-order valence-electron chi connectivity index (χ3n) is 7.81. The summed E-state index contributed by atoms with van der Waals surface area (Å²) in [7, 11) is -4.05. The quantitative estimate of drug-likeness (QED) is 0.410. The molecular formula is C26H24ClF2N3O6S. The van der Waals surface area contributed by atoms with Crippen LogP contribution in [0.15, 0.2) is 63.1 Å². The predicted molar refractivity (Wildman–Crippen MR) is 138 cm³/mol. The number of hydrogen-bond donors (Lipinski definition) is 3. The molecule has 13 heteroatoms. The van der Waals surface area contributed by atoms with E-state index in [1.165, 1.54) is 35.0 Å². The Balaban J connectivity index is 1.38. The van der Waals surface area contributed by atoms with E-state index in [1.807, 2.05) is 0 Å². The first-order valence-electron chi connectivity index (χ1n) is 12.2. The maximum absolute atomic E-state index is 13.7. The van der Waals surface area contributed by atoms with Gasteiger partial charge < -0.3 is 10.4 Å². The van der Waals surface area contributed by atoms with Crippen molar-refractivity contribution >= 4 is 33.0 Å². The van der Waals surface area contributed by atoms with E-state index in [-0.39, 0.29) is 40.6 Å². The number of hydrogen-bond acceptors (Lipinski definition) is 6. The van der Waals surface area contributed by atoms with Crippen LogP contribution < -0.4 is 16.6 Å². The summed E-state index contributed by atoms with van der Waals surface area (Å²) in [6.07, 6.45) is 2.67. The van der Waals surface area contributed by atoms with Gasteiger partial charge in [-0.05, 0) is 67.9 Å². The number of carbonyl (C=O) groups is 1. The number of nitrogens with one attached hydrogen (secondary N) is 2. The molecule has 4 atom stereocenters. The predicted octanol–water partition coefficient (Wildman–Crippen LogP) is 3.11. The number of amides is 1. The molecule has 3 aromatic rings. The third-order valence-corrected chi connectivity index (χ3v) is 10.5. The first-order chi connectivity index (χ1) is 18.4. The average Bonchev–Trinajstić information content (AvgIpc) is 3.04. The zero-order valence-corrected chi connectivity index (χ0v) is 21.9. The average molecular weight is 580 g/mol. The minimum atomic E-state index is -4.05. The molecule has 206 valence electrons. The molecule has 0 spiro atoms. The number of H-pyrrole nitrogens is 1. The fourth-order valence-corrected chi connectivity index (χ4v) is 8.18. The molecule has 2 saturated carbocycles. The van der Waals surface area contributed by atoms with Gasteiger partial charge in [-0.1, -0.05) is 11.6 Å². The van der Waals surface area contributed by atoms with Crippen molar-refractivity contribution in [2.75, 3.05) is 5.32 Å². The summed E-state index contributed by atoms with van der Waals surface area (Å²) in [6, 6.07) is 7.77. The Hall–Kier alpha value is -3.35. The lowest BCUT2D eigenvalue weighted by Gasteiger charge is -2.42. The summed E-state index contributed by atoms with van der Waals surface area (Å²) in [5.74, 6) is -3.81. The van der Waals surface area contributed by atoms with Crippen LogP contribution in [0.1, 0.15) is 36.0 Å². The summed E-state index contributed by atoms with van der Waals surface area (Å²) < 4.78 is 55.4. The molecule has 2 aliphatic carbocycles. The maximum Gasteiger partial charge on any atom is 0.328 e. The fourth-order valence-electron chi connectivity index (χ4n) is 5.78. The second-order valence-electron chi connectivity index (χ2n) is 10.1. The molecule has 2 aromatic carbocycles. The molecule has 3 N–H and O–H groups in total. The van der Waals surface area contributed by atoms with Gasteiger partial charge in [-0.15, -0.1) is 0 Å². The van der Waals surface area contributed by atoms with Crippen LogP contribution >= 0.6 is 11.6 Å². The van der Waals surface area contributed by atoms with Crippen molar-refractivity contribution in [3.05, 3.63) is 91.7 Å². The molecule has 9 nitrogen and oxygen atoms in total. The zero-order valence-electron chi connectivity index (χ0n) is 20.4. The summed E-state index contributed by atoms with van der Waals surface area (Å²) in [5, 5.41) is 13.0. The number of aromatic amines is 1. The van der Waals surface area contributed by atoms with Gasteiger partial charge in [0.05, 0.1) is 27.3 Å². The van der Waals surface area contributed by atoms with Crippen molar-refractivity contribution in [1.82, 2.24) is 9.55 Å². The SMILES string of the molecule is O=C(Nc1ccc(F)c(F)c1)c1ccc(Cl)c(S(=O)(=O)[C@@H]2C[C@H]3CC[C@@H](C2)[C@@]3(O)Cn2ccc(=O)[nH]c2=O)c1. The number of nitrogens with zero attached hydrogens (tertiary/aromatic N) is 1. The number of carbonyl (C=O) groups excluding carboxylic acids is 1. The van der Waals surface area contributed by atoms with Crippen LogP contribution in [0.5, 0.6) is 0 Å². The highest BCUT2D eigenvalue weighted by atomic mass is 35.5. The Labute approximate surface area is 226 Å². The van der Waals surface area contributed by atoms with Crippen LogP contribution in [0.2, 0.25) is 5.02 Å². The van der Waals surface area contributed by atoms with Crippen molar-refractivity contribution in [3.63, 3.8) is 0 Å². The van der Waals surface area contributed by atoms with Crippen LogP contribution in [0.3, 0.4) is 0 Å². The molecular weight excluding hydrogens is 556 g/mol. The molecule has 0 saturated heterocycles. The summed E-state index contributed by atoms with van der Waals surface area (Å²) in [6.45, 7) is -0.0783. The van der Waals surface area contributed by atoms with Crippen LogP contribution in [-0.2, 0) is 16.4 Å². The van der Waals surface area contributed by atoms with Crippen molar-refractivity contribution in [2.45, 2.75) is 48.0 Å². The molecule has 2 fully saturated rings. The minimum Gasteiger partial charge on any atom is -0.387 e. The van der Waals surface area contributed by atoms with Crippen LogP contribution in [0, 0.1) is 23.5 Å². The maximum atomic E-state index is 13.7. The van der Waals surface area contributed by atoms with Crippen LogP contribution in [-0.4, -0.2) is 39.8 Å². The van der Waals surface area contributed by atoms with Crippen LogP contribution in [0.25, 0.3) is 0 Å². The molecule has 1 heterocycles. The largest absolute Gasteiger partial charge is 0.387 e. The lowest BCUT2D eigenvalue weighted by atomic mass is 9.74. The molecule has 2 aliphatic rings. The Kier molecular flexibility index (Phi) is 6.98. The highest BCUT2D eigenvalue weighted by Crippen LogP contribution is 2.52.